The van der Waals surface area contributed by atoms with Gasteiger partial charge in [0.25, 0.3) is 0 Å². The molecule has 3 N–H and O–H groups in total. The van der Waals surface area contributed by atoms with Gasteiger partial charge >= 0.3 is 6.18 Å². The van der Waals surface area contributed by atoms with Gasteiger partial charge in [-0.05, 0) is 39.3 Å². The van der Waals surface area contributed by atoms with Crippen LogP contribution in [-0.4, -0.2) is 91.2 Å². The number of benzene rings is 1. The highest BCUT2D eigenvalue weighted by atomic mass is 19.4. The van der Waals surface area contributed by atoms with E-state index in [-0.39, 0.29) is 37.1 Å². The fraction of sp³-hybridized carbons (Fsp3) is 0.640. The molecule has 5 atom stereocenters. The number of carbonyl (C=O) groups excluding carboxylic acids is 3. The lowest BCUT2D eigenvalue weighted by Gasteiger charge is -2.39. The molecule has 204 valence electrons. The number of nitrogens with zero attached hydrogens (tertiary/aromatic N) is 2. The van der Waals surface area contributed by atoms with E-state index in [1.807, 2.05) is 0 Å². The zero-order valence-corrected chi connectivity index (χ0v) is 20.5. The number of halogens is 3. The summed E-state index contributed by atoms with van der Waals surface area (Å²) in [4.78, 5) is 42.6. The van der Waals surface area contributed by atoms with Crippen LogP contribution < -0.4 is 20.7 Å². The topological polar surface area (TPSA) is 103 Å². The van der Waals surface area contributed by atoms with Crippen LogP contribution >= 0.6 is 0 Å². The van der Waals surface area contributed by atoms with Crippen molar-refractivity contribution in [2.45, 2.75) is 68.9 Å². The summed E-state index contributed by atoms with van der Waals surface area (Å²) in [5.74, 6) is -2.45. The number of hydrogen-bond donors (Lipinski definition) is 3. The number of ether oxygens (including phenoxy) is 1. The van der Waals surface area contributed by atoms with Gasteiger partial charge in [0.1, 0.15) is 17.8 Å². The van der Waals surface area contributed by atoms with Gasteiger partial charge in [-0.1, -0.05) is 18.1 Å². The molecule has 0 radical (unpaired) electrons. The van der Waals surface area contributed by atoms with Gasteiger partial charge in [0.2, 0.25) is 17.7 Å². The van der Waals surface area contributed by atoms with Gasteiger partial charge in [-0.15, -0.1) is 0 Å². The first-order chi connectivity index (χ1) is 20.0. The van der Waals surface area contributed by atoms with E-state index in [1.54, 1.807) is 0 Å². The van der Waals surface area contributed by atoms with Crippen LogP contribution in [0.1, 0.15) is 52.4 Å². The molecule has 0 unspecified atom stereocenters. The van der Waals surface area contributed by atoms with Crippen LogP contribution in [0.3, 0.4) is 0 Å². The molecule has 12 heteroatoms. The monoisotopic (exact) mass is 531 g/mol. The summed E-state index contributed by atoms with van der Waals surface area (Å²) >= 11 is 0. The largest absolute Gasteiger partial charge is 0.493 e. The number of carbonyl (C=O) groups is 3. The van der Waals surface area contributed by atoms with Crippen molar-refractivity contribution in [3.05, 3.63) is 29.7 Å². The number of likely N-dealkylation sites (N-methyl/N-ethyl adjacent to an activating group) is 1. The minimum absolute atomic E-state index is 0.0532. The Kier molecular flexibility index (Phi) is 6.13. The first-order valence-electron chi connectivity index (χ1n) is 15.1. The Bertz CT molecular complexity index is 1290. The molecule has 0 aliphatic carbocycles. The van der Waals surface area contributed by atoms with E-state index < -0.39 is 104 Å². The molecule has 3 heterocycles. The van der Waals surface area contributed by atoms with Crippen molar-refractivity contribution in [2.24, 2.45) is 0 Å². The Hall–Kier alpha value is -2.86. The Morgan fingerprint density at radius 2 is 1.97 bits per heavy atom. The average Bonchev–Trinajstić information content (AvgIpc) is 3.35. The van der Waals surface area contributed by atoms with Crippen molar-refractivity contribution in [3.63, 3.8) is 0 Å². The van der Waals surface area contributed by atoms with Gasteiger partial charge in [-0.3, -0.25) is 19.3 Å². The number of rotatable bonds is 6. The Balaban J connectivity index is 1.64. The van der Waals surface area contributed by atoms with E-state index in [2.05, 4.69) is 16.0 Å². The van der Waals surface area contributed by atoms with E-state index >= 15 is 0 Å². The van der Waals surface area contributed by atoms with Crippen molar-refractivity contribution in [2.75, 3.05) is 33.3 Å². The second-order valence-electron chi connectivity index (χ2n) is 9.38. The predicted molar refractivity (Wildman–Crippen MR) is 129 cm³/mol. The summed E-state index contributed by atoms with van der Waals surface area (Å²) < 4.78 is 94.6. The van der Waals surface area contributed by atoms with Crippen molar-refractivity contribution in [1.29, 1.82) is 0 Å². The van der Waals surface area contributed by atoms with Gasteiger partial charge in [-0.2, -0.15) is 13.2 Å². The first kappa shape index (κ1) is 20.1. The number of fused-ring (bicyclic) bond motifs is 2. The lowest BCUT2D eigenvalue weighted by atomic mass is 10.00. The Morgan fingerprint density at radius 1 is 1.22 bits per heavy atom. The van der Waals surface area contributed by atoms with E-state index in [0.717, 1.165) is 4.90 Å². The summed E-state index contributed by atoms with van der Waals surface area (Å²) in [7, 11) is 1.50. The lowest BCUT2D eigenvalue weighted by Crippen LogP contribution is -2.62. The van der Waals surface area contributed by atoms with Crippen LogP contribution in [0, 0.1) is 0 Å². The maximum Gasteiger partial charge on any atom is 0.401 e. The SMILES string of the molecule is [2H]c1c([2H])c([2H])c2c(c1[2H])OCC([2H])([2H])[C@H]2NC(=O)[C@@H]1CC[C@@H]2CCN(CC(F)(F)F)C[C@H](NC(=O)[C@H](C)NC)C(=O)N21. The molecule has 3 aliphatic rings. The molecular weight excluding hydrogens is 491 g/mol. The normalized spacial score (nSPS) is 30.9. The zero-order chi connectivity index (χ0) is 32.0. The minimum Gasteiger partial charge on any atom is -0.493 e. The van der Waals surface area contributed by atoms with Gasteiger partial charge in [0.05, 0.1) is 30.7 Å². The number of hydrogen-bond acceptors (Lipinski definition) is 6. The number of para-hydroxylation sites is 1. The fourth-order valence-electron chi connectivity index (χ4n) is 4.92. The first-order valence-corrected chi connectivity index (χ1v) is 12.1. The van der Waals surface area contributed by atoms with Crippen LogP contribution in [0.4, 0.5) is 13.2 Å². The summed E-state index contributed by atoms with van der Waals surface area (Å²) in [6.07, 6.45) is -6.32. The van der Waals surface area contributed by atoms with E-state index in [0.29, 0.717) is 0 Å². The third-order valence-electron chi connectivity index (χ3n) is 6.88. The van der Waals surface area contributed by atoms with E-state index in [9.17, 15) is 27.6 Å². The van der Waals surface area contributed by atoms with E-state index in [1.165, 1.54) is 18.9 Å². The van der Waals surface area contributed by atoms with Crippen molar-refractivity contribution in [1.82, 2.24) is 25.8 Å². The summed E-state index contributed by atoms with van der Waals surface area (Å²) in [5.41, 5.74) is -0.266. The van der Waals surface area contributed by atoms with E-state index in [4.69, 9.17) is 13.0 Å². The van der Waals surface area contributed by atoms with Crippen LogP contribution in [0.25, 0.3) is 0 Å². The molecule has 0 spiro atoms. The smallest absolute Gasteiger partial charge is 0.401 e. The highest BCUT2D eigenvalue weighted by molar-refractivity contribution is 5.94. The number of amides is 3. The van der Waals surface area contributed by atoms with Crippen molar-refractivity contribution >= 4 is 17.7 Å². The summed E-state index contributed by atoms with van der Waals surface area (Å²) in [6, 6.07) is -7.82. The van der Waals surface area contributed by atoms with Crippen LogP contribution in [0.5, 0.6) is 5.75 Å². The molecule has 0 aromatic heterocycles. The molecule has 2 fully saturated rings. The van der Waals surface area contributed by atoms with Crippen molar-refractivity contribution in [3.8, 4) is 5.75 Å². The molecular formula is C25H34F3N5O4. The Labute approximate surface area is 222 Å². The molecule has 4 rings (SSSR count). The standard InChI is InChI=1S/C25H34F3N5O4/c1-15(29-2)22(34)31-19-13-32(14-25(26,27)28)11-9-16-7-8-20(33(16)24(19)36)23(35)30-18-10-12-37-21-6-4-3-5-17(18)21/h3-6,15-16,18-20,29H,7-14H2,1-2H3,(H,30,35)(H,31,34)/t15-,16+,18+,19-,20-/m0/s1/i3D,4D,5D,6D,10D2. The molecule has 1 aromatic rings. The van der Waals surface area contributed by atoms with Gasteiger partial charge < -0.3 is 25.6 Å². The number of nitrogens with one attached hydrogen (secondary N) is 3. The zero-order valence-electron chi connectivity index (χ0n) is 26.5. The summed E-state index contributed by atoms with van der Waals surface area (Å²) in [5, 5.41) is 7.76. The predicted octanol–water partition coefficient (Wildman–Crippen LogP) is 1.35. The van der Waals surface area contributed by atoms with Gasteiger partial charge in [0.15, 0.2) is 0 Å². The molecule has 3 aliphatic heterocycles. The molecule has 3 amide bonds. The highest BCUT2D eigenvalue weighted by Gasteiger charge is 2.46. The molecule has 2 saturated heterocycles. The average molecular weight is 532 g/mol. The second kappa shape index (κ2) is 11.3. The van der Waals surface area contributed by atoms with Crippen LogP contribution in [0.2, 0.25) is 0 Å². The molecule has 1 aromatic carbocycles. The minimum atomic E-state index is -4.54. The van der Waals surface area contributed by atoms with Gasteiger partial charge in [0, 0.05) is 33.8 Å². The molecule has 9 nitrogen and oxygen atoms in total. The summed E-state index contributed by atoms with van der Waals surface area (Å²) in [6.45, 7) is -0.878. The third kappa shape index (κ3) is 6.35. The Morgan fingerprint density at radius 3 is 2.70 bits per heavy atom. The highest BCUT2D eigenvalue weighted by Crippen LogP contribution is 2.34. The molecule has 0 saturated carbocycles. The quantitative estimate of drug-likeness (QED) is 0.512. The third-order valence-corrected chi connectivity index (χ3v) is 6.88. The van der Waals surface area contributed by atoms with Crippen molar-refractivity contribution < 1.29 is 40.5 Å². The molecule has 37 heavy (non-hydrogen) atoms. The second-order valence-corrected chi connectivity index (χ2v) is 9.38. The van der Waals surface area contributed by atoms with Gasteiger partial charge in [-0.25, -0.2) is 0 Å². The maximum atomic E-state index is 13.9. The van der Waals surface area contributed by atoms with Crippen LogP contribution in [0.15, 0.2) is 24.2 Å². The van der Waals surface area contributed by atoms with Crippen LogP contribution in [-0.2, 0) is 14.4 Å². The molecule has 0 bridgehead atoms. The lowest BCUT2D eigenvalue weighted by molar-refractivity contribution is -0.155. The maximum absolute atomic E-state index is 13.9. The number of alkyl halides is 3. The fourth-order valence-corrected chi connectivity index (χ4v) is 4.92.